The molecule has 0 spiro atoms. The van der Waals surface area contributed by atoms with Crippen LogP contribution in [-0.2, 0) is 0 Å². The zero-order valence-electron chi connectivity index (χ0n) is 19.0. The summed E-state index contributed by atoms with van der Waals surface area (Å²) < 4.78 is 0.973. The zero-order chi connectivity index (χ0) is 23.5. The molecule has 1 fully saturated rings. The summed E-state index contributed by atoms with van der Waals surface area (Å²) >= 11 is 3.58. The van der Waals surface area contributed by atoms with Gasteiger partial charge in [-0.05, 0) is 29.8 Å². The minimum Gasteiger partial charge on any atom is -0.353 e. The predicted octanol–water partition coefficient (Wildman–Crippen LogP) is 6.08. The Bertz CT molecular complexity index is 1270. The largest absolute Gasteiger partial charge is 0.353 e. The lowest BCUT2D eigenvalue weighted by Gasteiger charge is -2.37. The highest BCUT2D eigenvalue weighted by atomic mass is 79.9. The van der Waals surface area contributed by atoms with Crippen LogP contribution in [0.3, 0.4) is 0 Å². The summed E-state index contributed by atoms with van der Waals surface area (Å²) in [4.78, 5) is 27.1. The second-order valence-corrected chi connectivity index (χ2v) is 8.49. The average molecular weight is 503 g/mol. The van der Waals surface area contributed by atoms with E-state index in [2.05, 4.69) is 49.9 Å². The lowest BCUT2D eigenvalue weighted by atomic mass is 10.0. The first-order chi connectivity index (χ1) is 16.1. The van der Waals surface area contributed by atoms with Crippen molar-refractivity contribution in [1.29, 1.82) is 0 Å². The van der Waals surface area contributed by atoms with Gasteiger partial charge in [0.1, 0.15) is 11.7 Å². The van der Waals surface area contributed by atoms with Gasteiger partial charge >= 0.3 is 0 Å². The molecular formula is C27H27BrN4O. The summed E-state index contributed by atoms with van der Waals surface area (Å²) in [5.41, 5.74) is 4.33. The van der Waals surface area contributed by atoms with Gasteiger partial charge in [-0.1, -0.05) is 67.2 Å². The zero-order valence-corrected chi connectivity index (χ0v) is 20.6. The van der Waals surface area contributed by atoms with Crippen molar-refractivity contribution in [3.63, 3.8) is 0 Å². The van der Waals surface area contributed by atoms with Gasteiger partial charge in [0.15, 0.2) is 5.78 Å². The van der Waals surface area contributed by atoms with Gasteiger partial charge in [0.25, 0.3) is 0 Å². The van der Waals surface area contributed by atoms with Crippen molar-refractivity contribution in [2.24, 2.45) is 4.99 Å². The van der Waals surface area contributed by atoms with E-state index in [-0.39, 0.29) is 5.78 Å². The van der Waals surface area contributed by atoms with Crippen LogP contribution in [0, 0.1) is 0 Å². The van der Waals surface area contributed by atoms with Crippen LogP contribution in [0.25, 0.3) is 22.0 Å². The quantitative estimate of drug-likeness (QED) is 0.251. The monoisotopic (exact) mass is 502 g/mol. The summed E-state index contributed by atoms with van der Waals surface area (Å²) in [6.45, 7) is 14.6. The number of anilines is 1. The minimum absolute atomic E-state index is 0.0532. The van der Waals surface area contributed by atoms with E-state index in [1.165, 1.54) is 6.20 Å². The Morgan fingerprint density at radius 2 is 1.73 bits per heavy atom. The number of amidine groups is 1. The van der Waals surface area contributed by atoms with E-state index in [9.17, 15) is 4.79 Å². The molecule has 5 rings (SSSR count). The van der Waals surface area contributed by atoms with E-state index >= 15 is 0 Å². The van der Waals surface area contributed by atoms with Gasteiger partial charge in [0.2, 0.25) is 0 Å². The van der Waals surface area contributed by atoms with Crippen molar-refractivity contribution in [2.45, 2.75) is 13.8 Å². The average Bonchev–Trinajstić information content (AvgIpc) is 3.17. The molecule has 0 amide bonds. The number of piperazine rings is 1. The normalized spacial score (nSPS) is 15.0. The summed E-state index contributed by atoms with van der Waals surface area (Å²) in [6.07, 6.45) is 3.29. The fourth-order valence-corrected chi connectivity index (χ4v) is 4.85. The van der Waals surface area contributed by atoms with Gasteiger partial charge in [0, 0.05) is 53.4 Å². The maximum atomic E-state index is 13.5. The topological polar surface area (TPSA) is 48.8 Å². The Morgan fingerprint density at radius 3 is 2.39 bits per heavy atom. The van der Waals surface area contributed by atoms with Crippen molar-refractivity contribution < 1.29 is 4.79 Å². The number of hydrogen-bond donors (Lipinski definition) is 0. The van der Waals surface area contributed by atoms with Crippen molar-refractivity contribution in [3.8, 4) is 11.1 Å². The molecule has 5 nitrogen and oxygen atoms in total. The Hall–Kier alpha value is -3.25. The molecule has 1 aliphatic heterocycles. The van der Waals surface area contributed by atoms with Gasteiger partial charge in [-0.3, -0.25) is 4.79 Å². The molecule has 0 radical (unpaired) electrons. The number of nitrogens with zero attached hydrogens (tertiary/aromatic N) is 4. The Kier molecular flexibility index (Phi) is 6.75. The molecule has 6 heteroatoms. The van der Waals surface area contributed by atoms with Crippen LogP contribution < -0.4 is 4.90 Å². The van der Waals surface area contributed by atoms with E-state index in [0.717, 1.165) is 69.9 Å². The molecular weight excluding hydrogens is 476 g/mol. The van der Waals surface area contributed by atoms with Crippen LogP contribution in [0.15, 0.2) is 77.4 Å². The first kappa shape index (κ1) is 22.9. The number of aliphatic imine (C=N–C) groups is 1. The molecule has 168 valence electrons. The van der Waals surface area contributed by atoms with E-state index in [1.807, 2.05) is 50.2 Å². The molecule has 0 bridgehead atoms. The van der Waals surface area contributed by atoms with E-state index < -0.39 is 0 Å². The number of benzene rings is 2. The van der Waals surface area contributed by atoms with Gasteiger partial charge in [-0.25, -0.2) is 9.98 Å². The van der Waals surface area contributed by atoms with Crippen LogP contribution in [0.4, 0.5) is 5.82 Å². The number of aromatic nitrogens is 1. The predicted molar refractivity (Wildman–Crippen MR) is 141 cm³/mol. The van der Waals surface area contributed by atoms with Gasteiger partial charge in [-0.15, -0.1) is 0 Å². The molecule has 3 aromatic rings. The molecule has 1 aromatic heterocycles. The SMILES string of the molecule is C=CN=C(C=C)N1CCN(c2nc3ccc(Br)cc3c3c2C(=O)c2ccccc2-3)CC1.CC. The van der Waals surface area contributed by atoms with Crippen LogP contribution in [0.5, 0.6) is 0 Å². The number of fused-ring (bicyclic) bond motifs is 5. The molecule has 0 saturated carbocycles. The lowest BCUT2D eigenvalue weighted by molar-refractivity contribution is 0.104. The summed E-state index contributed by atoms with van der Waals surface area (Å²) in [5, 5.41) is 0.997. The van der Waals surface area contributed by atoms with Crippen molar-refractivity contribution in [2.75, 3.05) is 31.1 Å². The maximum Gasteiger partial charge on any atom is 0.198 e. The third kappa shape index (κ3) is 4.00. The van der Waals surface area contributed by atoms with Crippen molar-refractivity contribution in [3.05, 3.63) is 83.5 Å². The Balaban J connectivity index is 0.00000126. The van der Waals surface area contributed by atoms with Crippen molar-refractivity contribution in [1.82, 2.24) is 9.88 Å². The van der Waals surface area contributed by atoms with Gasteiger partial charge in [-0.2, -0.15) is 0 Å². The molecule has 1 saturated heterocycles. The first-order valence-electron chi connectivity index (χ1n) is 11.2. The standard InChI is InChI=1S/C25H21BrN4O.C2H6/c1-3-21(27-4-2)29-11-13-30(14-12-29)25-23-22(17-7-5-6-8-18(17)24(23)31)19-15-16(26)9-10-20(19)28-25;1-2/h3-10,15H,1-2,11-14H2;1-2H3. The summed E-state index contributed by atoms with van der Waals surface area (Å²) in [6, 6.07) is 13.9. The number of halogens is 1. The number of ketones is 1. The minimum atomic E-state index is 0.0532. The fraction of sp³-hybridized carbons (Fsp3) is 0.222. The number of hydrogen-bond acceptors (Lipinski definition) is 4. The highest BCUT2D eigenvalue weighted by molar-refractivity contribution is 9.10. The summed E-state index contributed by atoms with van der Waals surface area (Å²) in [7, 11) is 0. The van der Waals surface area contributed by atoms with Gasteiger partial charge in [0.05, 0.1) is 11.1 Å². The molecule has 1 aliphatic carbocycles. The second-order valence-electron chi connectivity index (χ2n) is 7.57. The molecule has 2 aliphatic rings. The second kappa shape index (κ2) is 9.71. The highest BCUT2D eigenvalue weighted by Gasteiger charge is 2.34. The lowest BCUT2D eigenvalue weighted by Crippen LogP contribution is -2.49. The summed E-state index contributed by atoms with van der Waals surface area (Å²) in [5.74, 6) is 1.64. The number of pyridine rings is 1. The molecule has 0 unspecified atom stereocenters. The van der Waals surface area contributed by atoms with Crippen LogP contribution in [0.1, 0.15) is 29.8 Å². The van der Waals surface area contributed by atoms with Crippen LogP contribution in [0.2, 0.25) is 0 Å². The van der Waals surface area contributed by atoms with Crippen LogP contribution >= 0.6 is 15.9 Å². The van der Waals surface area contributed by atoms with Crippen molar-refractivity contribution >= 4 is 44.3 Å². The fourth-order valence-electron chi connectivity index (χ4n) is 4.48. The molecule has 2 heterocycles. The third-order valence-corrected chi connectivity index (χ3v) is 6.40. The van der Waals surface area contributed by atoms with E-state index in [1.54, 1.807) is 6.08 Å². The molecule has 0 N–H and O–H groups in total. The highest BCUT2D eigenvalue weighted by Crippen LogP contribution is 2.45. The number of carbonyl (C=O) groups is 1. The smallest absolute Gasteiger partial charge is 0.198 e. The molecule has 2 aromatic carbocycles. The van der Waals surface area contributed by atoms with E-state index in [0.29, 0.717) is 5.56 Å². The van der Waals surface area contributed by atoms with E-state index in [4.69, 9.17) is 4.98 Å². The Morgan fingerprint density at radius 1 is 1.03 bits per heavy atom. The Labute approximate surface area is 203 Å². The number of rotatable bonds is 3. The third-order valence-electron chi connectivity index (χ3n) is 5.91. The molecule has 33 heavy (non-hydrogen) atoms. The van der Waals surface area contributed by atoms with Gasteiger partial charge < -0.3 is 9.80 Å². The first-order valence-corrected chi connectivity index (χ1v) is 12.0. The molecule has 0 atom stereocenters. The number of carbonyl (C=O) groups excluding carboxylic acids is 1. The maximum absolute atomic E-state index is 13.5. The van der Waals surface area contributed by atoms with Crippen LogP contribution in [-0.4, -0.2) is 47.7 Å².